The van der Waals surface area contributed by atoms with Crippen LogP contribution in [0.15, 0.2) is 176 Å². The molecule has 5 heterocycles. The highest BCUT2D eigenvalue weighted by Crippen LogP contribution is 2.59. The van der Waals surface area contributed by atoms with E-state index in [4.69, 9.17) is 9.97 Å². The van der Waals surface area contributed by atoms with Crippen molar-refractivity contribution < 1.29 is 0 Å². The van der Waals surface area contributed by atoms with E-state index in [2.05, 4.69) is 173 Å². The van der Waals surface area contributed by atoms with E-state index in [-0.39, 0.29) is 12.0 Å². The number of nitrogens with zero attached hydrogens (tertiary/aromatic N) is 4. The number of aromatic nitrogens is 2. The molecule has 246 valence electrons. The van der Waals surface area contributed by atoms with Crippen LogP contribution >= 0.6 is 0 Å². The molecule has 3 aliphatic heterocycles. The SMILES string of the molecule is C1=C(c2cc(N3C4=CC=C5c6ccccc6N(c6ccccc6)C5C4c4ccccc43)cc(-c3ccnc4ccccc34)n2)c2ccccc2NC1. The minimum absolute atomic E-state index is 0.106. The predicted molar refractivity (Wildman–Crippen MR) is 213 cm³/mol. The van der Waals surface area contributed by atoms with E-state index >= 15 is 0 Å². The Balaban J connectivity index is 1.14. The Morgan fingerprint density at radius 3 is 2.29 bits per heavy atom. The lowest BCUT2D eigenvalue weighted by Gasteiger charge is -2.36. The first-order chi connectivity index (χ1) is 25.8. The van der Waals surface area contributed by atoms with Gasteiger partial charge in [-0.2, -0.15) is 0 Å². The van der Waals surface area contributed by atoms with Crippen molar-refractivity contribution in [3.8, 4) is 11.3 Å². The van der Waals surface area contributed by atoms with Crippen LogP contribution in [0, 0.1) is 0 Å². The molecule has 5 heteroatoms. The topological polar surface area (TPSA) is 44.3 Å². The third-order valence-corrected chi connectivity index (χ3v) is 11.0. The monoisotopic (exact) mass is 667 g/mol. The minimum Gasteiger partial charge on any atom is -0.381 e. The highest BCUT2D eigenvalue weighted by atomic mass is 15.2. The van der Waals surface area contributed by atoms with E-state index in [1.54, 1.807) is 0 Å². The van der Waals surface area contributed by atoms with Gasteiger partial charge in [-0.3, -0.25) is 4.98 Å². The van der Waals surface area contributed by atoms with Gasteiger partial charge in [0.1, 0.15) is 0 Å². The molecular weight excluding hydrogens is 635 g/mol. The molecular formula is C47H33N5. The molecule has 0 saturated heterocycles. The molecule has 1 N–H and O–H groups in total. The second-order valence-electron chi connectivity index (χ2n) is 13.8. The molecule has 0 radical (unpaired) electrons. The molecule has 4 aliphatic rings. The molecule has 7 aromatic rings. The van der Waals surface area contributed by atoms with E-state index in [1.807, 2.05) is 12.3 Å². The highest BCUT2D eigenvalue weighted by molar-refractivity contribution is 5.99. The molecule has 2 unspecified atom stereocenters. The van der Waals surface area contributed by atoms with Crippen molar-refractivity contribution in [3.05, 3.63) is 198 Å². The first-order valence-electron chi connectivity index (χ1n) is 18.0. The molecule has 0 bridgehead atoms. The van der Waals surface area contributed by atoms with Crippen molar-refractivity contribution in [1.82, 2.24) is 9.97 Å². The molecule has 0 fully saturated rings. The summed E-state index contributed by atoms with van der Waals surface area (Å²) >= 11 is 0. The first-order valence-corrected chi connectivity index (χ1v) is 18.0. The number of rotatable bonds is 4. The van der Waals surface area contributed by atoms with Gasteiger partial charge in [0.2, 0.25) is 0 Å². The van der Waals surface area contributed by atoms with Gasteiger partial charge in [0, 0.05) is 68.8 Å². The zero-order valence-electron chi connectivity index (χ0n) is 28.3. The Kier molecular flexibility index (Phi) is 6.37. The maximum Gasteiger partial charge on any atom is 0.0737 e. The molecule has 1 aliphatic carbocycles. The summed E-state index contributed by atoms with van der Waals surface area (Å²) in [5, 5.41) is 4.65. The summed E-state index contributed by atoms with van der Waals surface area (Å²) in [4.78, 5) is 15.2. The normalized spacial score (nSPS) is 18.0. The van der Waals surface area contributed by atoms with Crippen LogP contribution in [-0.2, 0) is 0 Å². The van der Waals surface area contributed by atoms with Crippen molar-refractivity contribution in [2.45, 2.75) is 12.0 Å². The van der Waals surface area contributed by atoms with Crippen molar-refractivity contribution >= 4 is 50.5 Å². The largest absolute Gasteiger partial charge is 0.381 e. The summed E-state index contributed by atoms with van der Waals surface area (Å²) < 4.78 is 0. The van der Waals surface area contributed by atoms with Gasteiger partial charge in [-0.25, -0.2) is 4.98 Å². The fraction of sp³-hybridized carbons (Fsp3) is 0.0638. The standard InChI is InChI=1S/C47H33N5/c1-2-12-30(13-3-1)52-43-20-10-6-16-36(43)37-22-23-45-46(47(37)52)38-17-7-11-21-44(38)51(45)31-28-41(34-24-26-48-39-18-8-4-14-32(34)39)50-42(29-31)35-25-27-49-40-19-9-5-15-33(35)40/h1-26,28-29,46-47,49H,27H2. The van der Waals surface area contributed by atoms with Crippen LogP contribution in [-0.4, -0.2) is 22.6 Å². The summed E-state index contributed by atoms with van der Waals surface area (Å²) in [5.41, 5.74) is 17.4. The summed E-state index contributed by atoms with van der Waals surface area (Å²) in [7, 11) is 0. The molecule has 2 aromatic heterocycles. The molecule has 2 atom stereocenters. The van der Waals surface area contributed by atoms with Crippen LogP contribution in [0.5, 0.6) is 0 Å². The van der Waals surface area contributed by atoms with Crippen LogP contribution in [0.25, 0.3) is 33.3 Å². The maximum absolute atomic E-state index is 5.45. The van der Waals surface area contributed by atoms with Gasteiger partial charge in [-0.05, 0) is 71.8 Å². The van der Waals surface area contributed by atoms with Crippen LogP contribution in [0.3, 0.4) is 0 Å². The molecule has 0 amide bonds. The number of fused-ring (bicyclic) bond motifs is 9. The second kappa shape index (κ2) is 11.4. The molecule has 5 nitrogen and oxygen atoms in total. The van der Waals surface area contributed by atoms with Gasteiger partial charge >= 0.3 is 0 Å². The first kappa shape index (κ1) is 29.1. The van der Waals surface area contributed by atoms with Crippen molar-refractivity contribution in [3.63, 3.8) is 0 Å². The molecule has 52 heavy (non-hydrogen) atoms. The van der Waals surface area contributed by atoms with Gasteiger partial charge in [0.05, 0.1) is 34.6 Å². The Bertz CT molecular complexity index is 2670. The predicted octanol–water partition coefficient (Wildman–Crippen LogP) is 10.9. The van der Waals surface area contributed by atoms with Gasteiger partial charge < -0.3 is 15.1 Å². The molecule has 0 spiro atoms. The quantitative estimate of drug-likeness (QED) is 0.202. The fourth-order valence-electron chi connectivity index (χ4n) is 8.87. The fourth-order valence-corrected chi connectivity index (χ4v) is 8.87. The zero-order valence-corrected chi connectivity index (χ0v) is 28.3. The molecule has 11 rings (SSSR count). The smallest absolute Gasteiger partial charge is 0.0737 e. The number of hydrogen-bond donors (Lipinski definition) is 1. The van der Waals surface area contributed by atoms with Gasteiger partial charge in [-0.1, -0.05) is 103 Å². The van der Waals surface area contributed by atoms with E-state index in [0.29, 0.717) is 0 Å². The van der Waals surface area contributed by atoms with Gasteiger partial charge in [-0.15, -0.1) is 0 Å². The molecule has 0 saturated carbocycles. The number of pyridine rings is 2. The number of hydrogen-bond acceptors (Lipinski definition) is 5. The van der Waals surface area contributed by atoms with E-state index in [1.165, 1.54) is 39.5 Å². The minimum atomic E-state index is 0.106. The Labute approximate surface area is 302 Å². The Morgan fingerprint density at radius 1 is 0.615 bits per heavy atom. The van der Waals surface area contributed by atoms with E-state index < -0.39 is 0 Å². The third kappa shape index (κ3) is 4.29. The van der Waals surface area contributed by atoms with E-state index in [0.717, 1.165) is 56.9 Å². The third-order valence-electron chi connectivity index (χ3n) is 11.0. The summed E-state index contributed by atoms with van der Waals surface area (Å²) in [6.45, 7) is 0.747. The molecule has 5 aromatic carbocycles. The maximum atomic E-state index is 5.45. The zero-order chi connectivity index (χ0) is 34.2. The van der Waals surface area contributed by atoms with Crippen molar-refractivity contribution in [2.75, 3.05) is 21.7 Å². The van der Waals surface area contributed by atoms with Crippen molar-refractivity contribution in [1.29, 1.82) is 0 Å². The summed E-state index contributed by atoms with van der Waals surface area (Å²) in [6.07, 6.45) is 8.90. The summed E-state index contributed by atoms with van der Waals surface area (Å²) in [5.74, 6) is 0.115. The number of allylic oxidation sites excluding steroid dienone is 2. The van der Waals surface area contributed by atoms with Crippen molar-refractivity contribution in [2.24, 2.45) is 0 Å². The lowest BCUT2D eigenvalue weighted by molar-refractivity contribution is 0.704. The van der Waals surface area contributed by atoms with Gasteiger partial charge in [0.15, 0.2) is 0 Å². The Hall–Kier alpha value is -6.72. The van der Waals surface area contributed by atoms with Crippen LogP contribution in [0.2, 0.25) is 0 Å². The number of anilines is 5. The lowest BCUT2D eigenvalue weighted by atomic mass is 9.82. The van der Waals surface area contributed by atoms with E-state index in [9.17, 15) is 0 Å². The highest BCUT2D eigenvalue weighted by Gasteiger charge is 2.48. The average Bonchev–Trinajstić information content (AvgIpc) is 3.73. The Morgan fingerprint density at radius 2 is 1.37 bits per heavy atom. The van der Waals surface area contributed by atoms with Gasteiger partial charge in [0.25, 0.3) is 0 Å². The van der Waals surface area contributed by atoms with Crippen LogP contribution in [0.1, 0.15) is 28.3 Å². The number of para-hydroxylation sites is 5. The average molecular weight is 668 g/mol. The number of benzene rings is 5. The lowest BCUT2D eigenvalue weighted by Crippen LogP contribution is -2.35. The number of nitrogens with one attached hydrogen (secondary N) is 1. The van der Waals surface area contributed by atoms with Crippen LogP contribution < -0.4 is 15.1 Å². The second-order valence-corrected chi connectivity index (χ2v) is 13.8. The van der Waals surface area contributed by atoms with Crippen LogP contribution in [0.4, 0.5) is 28.4 Å². The summed E-state index contributed by atoms with van der Waals surface area (Å²) in [6, 6.07) is 52.4.